The molecular weight excluding hydrogens is 388 g/mol. The van der Waals surface area contributed by atoms with E-state index in [4.69, 9.17) is 5.26 Å². The predicted molar refractivity (Wildman–Crippen MR) is 107 cm³/mol. The van der Waals surface area contributed by atoms with Crippen molar-refractivity contribution in [2.45, 2.75) is 43.4 Å². The number of amides is 3. The number of carbonyl (C=O) groups is 2. The third kappa shape index (κ3) is 2.81. The van der Waals surface area contributed by atoms with Crippen molar-refractivity contribution in [3.8, 4) is 6.07 Å². The molecular formula is C21H18N4O3S. The number of nitrogens with one attached hydrogen (secondary N) is 2. The predicted octanol–water partition coefficient (Wildman–Crippen LogP) is 3.25. The lowest BCUT2D eigenvalue weighted by atomic mass is 9.99. The SMILES string of the molecule is N#Cc1ccc2c(c1)C(=O)N=S2(=O)NC(=O)Nc1c2c(cc3c1CCC3)CCC2. The molecule has 1 aliphatic heterocycles. The average molecular weight is 406 g/mol. The second-order valence-corrected chi connectivity index (χ2v) is 9.41. The van der Waals surface area contributed by atoms with Gasteiger partial charge in [-0.15, -0.1) is 4.36 Å². The number of nitrogens with zero attached hydrogens (tertiary/aromatic N) is 2. The highest BCUT2D eigenvalue weighted by Crippen LogP contribution is 2.38. The van der Waals surface area contributed by atoms with E-state index in [0.29, 0.717) is 0 Å². The molecule has 0 fully saturated rings. The van der Waals surface area contributed by atoms with E-state index in [9.17, 15) is 13.8 Å². The van der Waals surface area contributed by atoms with Crippen molar-refractivity contribution in [1.82, 2.24) is 4.72 Å². The average Bonchev–Trinajstić information content (AvgIpc) is 3.40. The normalized spacial score (nSPS) is 21.0. The smallest absolute Gasteiger partial charge is 0.307 e. The molecule has 1 atom stereocenters. The molecule has 3 amide bonds. The third-order valence-corrected chi connectivity index (χ3v) is 7.63. The number of fused-ring (bicyclic) bond motifs is 3. The summed E-state index contributed by atoms with van der Waals surface area (Å²) < 4.78 is 19.4. The summed E-state index contributed by atoms with van der Waals surface area (Å²) in [7, 11) is -3.43. The van der Waals surface area contributed by atoms with Gasteiger partial charge in [-0.1, -0.05) is 6.07 Å². The first-order valence-corrected chi connectivity index (χ1v) is 11.1. The zero-order valence-corrected chi connectivity index (χ0v) is 16.4. The molecule has 2 N–H and O–H groups in total. The van der Waals surface area contributed by atoms with Crippen molar-refractivity contribution >= 4 is 27.5 Å². The number of aryl methyl sites for hydroxylation is 2. The summed E-state index contributed by atoms with van der Waals surface area (Å²) in [6, 6.07) is 7.80. The van der Waals surface area contributed by atoms with Gasteiger partial charge >= 0.3 is 6.03 Å². The number of nitriles is 1. The Kier molecular flexibility index (Phi) is 3.96. The lowest BCUT2D eigenvalue weighted by Gasteiger charge is -2.17. The number of carbonyl (C=O) groups excluding carboxylic acids is 2. The van der Waals surface area contributed by atoms with E-state index in [2.05, 4.69) is 20.5 Å². The quantitative estimate of drug-likeness (QED) is 0.797. The minimum absolute atomic E-state index is 0.0934. The van der Waals surface area contributed by atoms with E-state index in [-0.39, 0.29) is 16.0 Å². The van der Waals surface area contributed by atoms with Crippen LogP contribution in [0.15, 0.2) is 33.5 Å². The molecule has 2 aromatic carbocycles. The molecule has 0 aromatic heterocycles. The molecule has 0 bridgehead atoms. The van der Waals surface area contributed by atoms with Crippen molar-refractivity contribution in [1.29, 1.82) is 5.26 Å². The summed E-state index contributed by atoms with van der Waals surface area (Å²) in [6.07, 6.45) is 5.96. The third-order valence-electron chi connectivity index (χ3n) is 5.79. The Morgan fingerprint density at radius 2 is 1.76 bits per heavy atom. The van der Waals surface area contributed by atoms with Crippen molar-refractivity contribution < 1.29 is 13.8 Å². The fourth-order valence-electron chi connectivity index (χ4n) is 4.53. The van der Waals surface area contributed by atoms with Crippen molar-refractivity contribution in [3.63, 3.8) is 0 Å². The van der Waals surface area contributed by atoms with Gasteiger partial charge in [0.25, 0.3) is 5.91 Å². The van der Waals surface area contributed by atoms with Crippen LogP contribution in [0.3, 0.4) is 0 Å². The molecule has 29 heavy (non-hydrogen) atoms. The van der Waals surface area contributed by atoms with Gasteiger partial charge in [-0.25, -0.2) is 13.7 Å². The molecule has 146 valence electrons. The molecule has 8 heteroatoms. The lowest BCUT2D eigenvalue weighted by Crippen LogP contribution is -2.34. The van der Waals surface area contributed by atoms with Crippen LogP contribution >= 0.6 is 0 Å². The zero-order chi connectivity index (χ0) is 20.2. The van der Waals surface area contributed by atoms with Crippen LogP contribution in [0, 0.1) is 11.3 Å². The Labute approximate surface area is 168 Å². The number of urea groups is 1. The van der Waals surface area contributed by atoms with Crippen molar-refractivity contribution in [3.05, 3.63) is 57.6 Å². The number of hydrogen-bond donors (Lipinski definition) is 2. The monoisotopic (exact) mass is 406 g/mol. The molecule has 0 spiro atoms. The van der Waals surface area contributed by atoms with E-state index in [1.165, 1.54) is 29.3 Å². The summed E-state index contributed by atoms with van der Waals surface area (Å²) in [5, 5.41) is 11.9. The molecule has 2 aromatic rings. The Bertz CT molecular complexity index is 1230. The minimum Gasteiger partial charge on any atom is -0.307 e. The molecule has 0 saturated carbocycles. The van der Waals surface area contributed by atoms with Crippen LogP contribution in [0.5, 0.6) is 0 Å². The first kappa shape index (κ1) is 17.9. The van der Waals surface area contributed by atoms with Crippen LogP contribution in [-0.2, 0) is 35.6 Å². The van der Waals surface area contributed by atoms with Gasteiger partial charge in [0.1, 0.15) is 0 Å². The summed E-state index contributed by atoms with van der Waals surface area (Å²) >= 11 is 0. The summed E-state index contributed by atoms with van der Waals surface area (Å²) in [4.78, 5) is 25.1. The number of benzene rings is 2. The van der Waals surface area contributed by atoms with Gasteiger partial charge in [0, 0.05) is 5.69 Å². The standard InChI is InChI=1S/C21H18N4O3S/c22-11-12-7-8-18-17(9-12)20(26)24-29(18,28)25-21(27)23-19-15-5-1-3-13(15)10-14-4-2-6-16(14)19/h7-10H,1-6H2,(H2,23,24,25,26,27,28). The second-order valence-electron chi connectivity index (χ2n) is 7.54. The van der Waals surface area contributed by atoms with Gasteiger partial charge in [-0.05, 0) is 79.0 Å². The maximum absolute atomic E-state index is 13.2. The number of anilines is 1. The van der Waals surface area contributed by atoms with Crippen LogP contribution in [0.25, 0.3) is 0 Å². The van der Waals surface area contributed by atoms with E-state index in [1.54, 1.807) is 0 Å². The maximum atomic E-state index is 13.2. The van der Waals surface area contributed by atoms with Crippen LogP contribution in [0.4, 0.5) is 10.5 Å². The molecule has 0 radical (unpaired) electrons. The molecule has 5 rings (SSSR count). The molecule has 2 aliphatic carbocycles. The van der Waals surface area contributed by atoms with Crippen molar-refractivity contribution in [2.24, 2.45) is 4.36 Å². The summed E-state index contributed by atoms with van der Waals surface area (Å²) in [5.74, 6) is -0.691. The first-order chi connectivity index (χ1) is 14.0. The molecule has 1 unspecified atom stereocenters. The first-order valence-electron chi connectivity index (χ1n) is 9.59. The summed E-state index contributed by atoms with van der Waals surface area (Å²) in [6.45, 7) is 0. The Morgan fingerprint density at radius 1 is 1.07 bits per heavy atom. The van der Waals surface area contributed by atoms with E-state index < -0.39 is 21.9 Å². The van der Waals surface area contributed by atoms with Gasteiger partial charge in [-0.3, -0.25) is 4.79 Å². The van der Waals surface area contributed by atoms with Crippen LogP contribution in [0.1, 0.15) is 51.0 Å². The van der Waals surface area contributed by atoms with Crippen LogP contribution < -0.4 is 10.0 Å². The van der Waals surface area contributed by atoms with Gasteiger partial charge in [0.2, 0.25) is 0 Å². The van der Waals surface area contributed by atoms with Gasteiger partial charge in [-0.2, -0.15) is 5.26 Å². The van der Waals surface area contributed by atoms with Gasteiger partial charge < -0.3 is 5.32 Å². The highest BCUT2D eigenvalue weighted by atomic mass is 32.2. The van der Waals surface area contributed by atoms with Gasteiger partial charge in [0.05, 0.1) is 22.1 Å². The molecule has 7 nitrogen and oxygen atoms in total. The van der Waals surface area contributed by atoms with E-state index >= 15 is 0 Å². The van der Waals surface area contributed by atoms with Crippen LogP contribution in [-0.4, -0.2) is 16.1 Å². The highest BCUT2D eigenvalue weighted by molar-refractivity contribution is 7.93. The highest BCUT2D eigenvalue weighted by Gasteiger charge is 2.32. The largest absolute Gasteiger partial charge is 0.331 e. The molecule has 3 aliphatic rings. The van der Waals surface area contributed by atoms with Crippen molar-refractivity contribution in [2.75, 3.05) is 5.32 Å². The number of rotatable bonds is 2. The second kappa shape index (κ2) is 6.42. The maximum Gasteiger partial charge on any atom is 0.331 e. The Hall–Kier alpha value is -3.18. The molecule has 0 saturated heterocycles. The van der Waals surface area contributed by atoms with E-state index in [0.717, 1.165) is 55.3 Å². The Morgan fingerprint density at radius 3 is 2.41 bits per heavy atom. The number of hydrogen-bond acceptors (Lipinski definition) is 4. The minimum atomic E-state index is -3.43. The fourth-order valence-corrected chi connectivity index (χ4v) is 6.12. The topological polar surface area (TPSA) is 111 Å². The zero-order valence-electron chi connectivity index (χ0n) is 15.6. The van der Waals surface area contributed by atoms with Crippen LogP contribution in [0.2, 0.25) is 0 Å². The van der Waals surface area contributed by atoms with Gasteiger partial charge in [0.15, 0.2) is 9.92 Å². The fraction of sp³-hybridized carbons (Fsp3) is 0.286. The Balaban J connectivity index is 1.47. The summed E-state index contributed by atoms with van der Waals surface area (Å²) in [5.41, 5.74) is 6.08. The lowest BCUT2D eigenvalue weighted by molar-refractivity contribution is 0.101. The molecule has 1 heterocycles. The van der Waals surface area contributed by atoms with E-state index in [1.807, 2.05) is 6.07 Å².